The average Bonchev–Trinajstić information content (AvgIpc) is 2.98. The van der Waals surface area contributed by atoms with E-state index in [0.717, 1.165) is 22.3 Å². The number of hydrogen-bond acceptors (Lipinski definition) is 4. The van der Waals surface area contributed by atoms with Gasteiger partial charge in [-0.2, -0.15) is 0 Å². The van der Waals surface area contributed by atoms with Crippen LogP contribution in [-0.4, -0.2) is 16.1 Å². The molecular formula is C18H17N3O2. The van der Waals surface area contributed by atoms with E-state index in [-0.39, 0.29) is 11.9 Å². The highest BCUT2D eigenvalue weighted by Gasteiger charge is 2.14. The first kappa shape index (κ1) is 15.0. The molecule has 116 valence electrons. The van der Waals surface area contributed by atoms with Gasteiger partial charge in [0.2, 0.25) is 5.89 Å². The normalized spacial score (nSPS) is 10.6. The van der Waals surface area contributed by atoms with E-state index in [4.69, 9.17) is 4.42 Å². The molecule has 23 heavy (non-hydrogen) atoms. The van der Waals surface area contributed by atoms with Crippen LogP contribution < -0.4 is 5.32 Å². The molecule has 0 fully saturated rings. The molecule has 0 spiro atoms. The van der Waals surface area contributed by atoms with Crippen LogP contribution >= 0.6 is 0 Å². The second-order valence-corrected chi connectivity index (χ2v) is 5.55. The van der Waals surface area contributed by atoms with Crippen molar-refractivity contribution in [1.82, 2.24) is 10.2 Å². The standard InChI is InChI=1S/C18H17N3O2/c1-11-5-8-14(9-6-11)16(22)19-18-21-20-17(23-18)15-10-12(2)4-7-13(15)3/h4-10H,1-3H3,(H,19,21,22). The van der Waals surface area contributed by atoms with E-state index in [1.165, 1.54) is 0 Å². The van der Waals surface area contributed by atoms with Gasteiger partial charge in [-0.1, -0.05) is 40.5 Å². The zero-order valence-corrected chi connectivity index (χ0v) is 13.3. The van der Waals surface area contributed by atoms with E-state index in [2.05, 4.69) is 15.5 Å². The lowest BCUT2D eigenvalue weighted by Gasteiger charge is -2.02. The second-order valence-electron chi connectivity index (χ2n) is 5.55. The van der Waals surface area contributed by atoms with Crippen LogP contribution in [0.2, 0.25) is 0 Å². The Balaban J connectivity index is 1.81. The topological polar surface area (TPSA) is 68.0 Å². The van der Waals surface area contributed by atoms with Crippen LogP contribution in [0, 0.1) is 20.8 Å². The van der Waals surface area contributed by atoms with Gasteiger partial charge in [-0.05, 0) is 44.5 Å². The Morgan fingerprint density at radius 3 is 2.39 bits per heavy atom. The third-order valence-corrected chi connectivity index (χ3v) is 3.58. The van der Waals surface area contributed by atoms with Crippen molar-refractivity contribution < 1.29 is 9.21 Å². The Kier molecular flexibility index (Phi) is 3.93. The summed E-state index contributed by atoms with van der Waals surface area (Å²) in [6.45, 7) is 5.94. The van der Waals surface area contributed by atoms with Crippen molar-refractivity contribution in [3.63, 3.8) is 0 Å². The van der Waals surface area contributed by atoms with Gasteiger partial charge in [0.25, 0.3) is 5.91 Å². The second kappa shape index (κ2) is 6.04. The van der Waals surface area contributed by atoms with Gasteiger partial charge in [-0.25, -0.2) is 0 Å². The first-order valence-corrected chi connectivity index (χ1v) is 7.32. The number of nitrogens with one attached hydrogen (secondary N) is 1. The Hall–Kier alpha value is -2.95. The number of aryl methyl sites for hydroxylation is 3. The van der Waals surface area contributed by atoms with Crippen molar-refractivity contribution in [3.05, 3.63) is 64.7 Å². The number of nitrogens with zero attached hydrogens (tertiary/aromatic N) is 2. The van der Waals surface area contributed by atoms with E-state index < -0.39 is 0 Å². The molecule has 0 saturated heterocycles. The van der Waals surface area contributed by atoms with Gasteiger partial charge in [0.05, 0.1) is 0 Å². The molecule has 5 nitrogen and oxygen atoms in total. The molecule has 0 bridgehead atoms. The summed E-state index contributed by atoms with van der Waals surface area (Å²) in [4.78, 5) is 12.2. The van der Waals surface area contributed by atoms with E-state index >= 15 is 0 Å². The van der Waals surface area contributed by atoms with Crippen LogP contribution in [0.3, 0.4) is 0 Å². The zero-order valence-electron chi connectivity index (χ0n) is 13.3. The molecule has 1 heterocycles. The van der Waals surface area contributed by atoms with Crippen LogP contribution in [0.15, 0.2) is 46.9 Å². The van der Waals surface area contributed by atoms with E-state index in [9.17, 15) is 4.79 Å². The number of hydrogen-bond donors (Lipinski definition) is 1. The first-order valence-electron chi connectivity index (χ1n) is 7.32. The lowest BCUT2D eigenvalue weighted by Crippen LogP contribution is -2.11. The predicted molar refractivity (Wildman–Crippen MR) is 88.3 cm³/mol. The first-order chi connectivity index (χ1) is 11.0. The number of benzene rings is 2. The van der Waals surface area contributed by atoms with Crippen molar-refractivity contribution >= 4 is 11.9 Å². The molecular weight excluding hydrogens is 290 g/mol. The molecule has 0 radical (unpaired) electrons. The molecule has 0 saturated carbocycles. The van der Waals surface area contributed by atoms with Crippen LogP contribution in [-0.2, 0) is 0 Å². The van der Waals surface area contributed by atoms with E-state index in [0.29, 0.717) is 11.5 Å². The van der Waals surface area contributed by atoms with Gasteiger partial charge >= 0.3 is 6.01 Å². The number of rotatable bonds is 3. The maximum absolute atomic E-state index is 12.2. The Labute approximate surface area is 134 Å². The van der Waals surface area contributed by atoms with Crippen LogP contribution in [0.5, 0.6) is 0 Å². The van der Waals surface area contributed by atoms with Crippen molar-refractivity contribution in [2.75, 3.05) is 5.32 Å². The Bertz CT molecular complexity index is 851. The molecule has 1 N–H and O–H groups in total. The monoisotopic (exact) mass is 307 g/mol. The lowest BCUT2D eigenvalue weighted by molar-refractivity contribution is 0.102. The van der Waals surface area contributed by atoms with Crippen LogP contribution in [0.1, 0.15) is 27.0 Å². The van der Waals surface area contributed by atoms with Gasteiger partial charge in [0.15, 0.2) is 0 Å². The summed E-state index contributed by atoms with van der Waals surface area (Å²) < 4.78 is 5.57. The van der Waals surface area contributed by atoms with Crippen LogP contribution in [0.25, 0.3) is 11.5 Å². The molecule has 0 aliphatic rings. The van der Waals surface area contributed by atoms with Crippen LogP contribution in [0.4, 0.5) is 6.01 Å². The Morgan fingerprint density at radius 2 is 1.65 bits per heavy atom. The number of amides is 1. The summed E-state index contributed by atoms with van der Waals surface area (Å²) in [7, 11) is 0. The van der Waals surface area contributed by atoms with E-state index in [1.54, 1.807) is 12.1 Å². The molecule has 0 aliphatic carbocycles. The summed E-state index contributed by atoms with van der Waals surface area (Å²) in [5, 5.41) is 10.5. The molecule has 0 atom stereocenters. The lowest BCUT2D eigenvalue weighted by atomic mass is 10.1. The Morgan fingerprint density at radius 1 is 0.957 bits per heavy atom. The van der Waals surface area contributed by atoms with Gasteiger partial charge in [-0.3, -0.25) is 10.1 Å². The molecule has 0 unspecified atom stereocenters. The van der Waals surface area contributed by atoms with Crippen molar-refractivity contribution in [3.8, 4) is 11.5 Å². The highest BCUT2D eigenvalue weighted by molar-refractivity contribution is 6.03. The van der Waals surface area contributed by atoms with Gasteiger partial charge < -0.3 is 4.42 Å². The number of aromatic nitrogens is 2. The van der Waals surface area contributed by atoms with E-state index in [1.807, 2.05) is 51.1 Å². The summed E-state index contributed by atoms with van der Waals surface area (Å²) in [5.41, 5.74) is 4.65. The molecule has 0 aliphatic heterocycles. The van der Waals surface area contributed by atoms with Crippen molar-refractivity contribution in [2.45, 2.75) is 20.8 Å². The molecule has 2 aromatic carbocycles. The van der Waals surface area contributed by atoms with Crippen molar-refractivity contribution in [2.24, 2.45) is 0 Å². The molecule has 3 aromatic rings. The fourth-order valence-electron chi connectivity index (χ4n) is 2.22. The van der Waals surface area contributed by atoms with Gasteiger partial charge in [0.1, 0.15) is 0 Å². The van der Waals surface area contributed by atoms with Gasteiger partial charge in [-0.15, -0.1) is 5.10 Å². The summed E-state index contributed by atoms with van der Waals surface area (Å²) in [6, 6.07) is 13.4. The predicted octanol–water partition coefficient (Wildman–Crippen LogP) is 3.91. The fourth-order valence-corrected chi connectivity index (χ4v) is 2.22. The molecule has 1 amide bonds. The summed E-state index contributed by atoms with van der Waals surface area (Å²) in [5.74, 6) is 0.117. The zero-order chi connectivity index (χ0) is 16.4. The quantitative estimate of drug-likeness (QED) is 0.796. The smallest absolute Gasteiger partial charge is 0.322 e. The maximum atomic E-state index is 12.2. The minimum atomic E-state index is -0.277. The summed E-state index contributed by atoms with van der Waals surface area (Å²) in [6.07, 6.45) is 0. The SMILES string of the molecule is Cc1ccc(C(=O)Nc2nnc(-c3cc(C)ccc3C)o2)cc1. The minimum absolute atomic E-state index is 0.0893. The highest BCUT2D eigenvalue weighted by atomic mass is 16.4. The maximum Gasteiger partial charge on any atom is 0.322 e. The van der Waals surface area contributed by atoms with Crippen molar-refractivity contribution in [1.29, 1.82) is 0 Å². The minimum Gasteiger partial charge on any atom is -0.403 e. The highest BCUT2D eigenvalue weighted by Crippen LogP contribution is 2.24. The largest absolute Gasteiger partial charge is 0.403 e. The molecule has 3 rings (SSSR count). The summed E-state index contributed by atoms with van der Waals surface area (Å²) >= 11 is 0. The van der Waals surface area contributed by atoms with Gasteiger partial charge in [0, 0.05) is 11.1 Å². The number of carbonyl (C=O) groups excluding carboxylic acids is 1. The molecule has 1 aromatic heterocycles. The number of carbonyl (C=O) groups is 1. The third-order valence-electron chi connectivity index (χ3n) is 3.58. The molecule has 5 heteroatoms. The average molecular weight is 307 g/mol. The third kappa shape index (κ3) is 3.29. The fraction of sp³-hybridized carbons (Fsp3) is 0.167. The number of anilines is 1.